The normalized spacial score (nSPS) is 10.7. The predicted octanol–water partition coefficient (Wildman–Crippen LogP) is 2.33. The van der Waals surface area contributed by atoms with E-state index in [0.29, 0.717) is 0 Å². The zero-order valence-electron chi connectivity index (χ0n) is 5.46. The lowest BCUT2D eigenvalue weighted by Gasteiger charge is -1.74. The van der Waals surface area contributed by atoms with E-state index in [2.05, 4.69) is 18.2 Å². The molecule has 0 aromatic carbocycles. The molecule has 0 rings (SSSR count). The van der Waals surface area contributed by atoms with Gasteiger partial charge in [-0.05, 0) is 6.42 Å². The smallest absolute Gasteiger partial charge is 0.0261 e. The van der Waals surface area contributed by atoms with Crippen molar-refractivity contribution >= 4 is 6.21 Å². The summed E-state index contributed by atoms with van der Waals surface area (Å²) >= 11 is 0. The van der Waals surface area contributed by atoms with Crippen molar-refractivity contribution in [3.8, 4) is 0 Å². The van der Waals surface area contributed by atoms with Gasteiger partial charge in [-0.2, -0.15) is 0 Å². The van der Waals surface area contributed by atoms with Gasteiger partial charge >= 0.3 is 0 Å². The number of nitrogens with zero attached hydrogens (tertiary/aromatic N) is 1. The Morgan fingerprint density at radius 2 is 2.11 bits per heavy atom. The molecule has 0 aromatic rings. The Kier molecular flexibility index (Phi) is 6.04. The first-order chi connectivity index (χ1) is 4.41. The summed E-state index contributed by atoms with van der Waals surface area (Å²) < 4.78 is 0. The molecule has 0 radical (unpaired) electrons. The predicted molar refractivity (Wildman–Crippen MR) is 42.6 cm³/mol. The van der Waals surface area contributed by atoms with Crippen LogP contribution < -0.4 is 0 Å². The van der Waals surface area contributed by atoms with Gasteiger partial charge in [0.25, 0.3) is 0 Å². The van der Waals surface area contributed by atoms with Crippen molar-refractivity contribution in [3.05, 3.63) is 37.6 Å². The number of allylic oxidation sites excluding steroid dienone is 3. The summed E-state index contributed by atoms with van der Waals surface area (Å²) in [4.78, 5) is 3.86. The van der Waals surface area contributed by atoms with E-state index < -0.39 is 0 Å². The largest absolute Gasteiger partial charge is 0.265 e. The quantitative estimate of drug-likeness (QED) is 0.400. The van der Waals surface area contributed by atoms with Gasteiger partial charge in [-0.15, -0.1) is 6.58 Å². The Morgan fingerprint density at radius 3 is 2.67 bits per heavy atom. The molecule has 0 saturated heterocycles. The molecule has 0 spiro atoms. The van der Waals surface area contributed by atoms with E-state index in [9.17, 15) is 0 Å². The summed E-state index contributed by atoms with van der Waals surface area (Å²) in [6.45, 7) is 7.03. The van der Waals surface area contributed by atoms with Crippen molar-refractivity contribution in [1.82, 2.24) is 0 Å². The molecule has 0 unspecified atom stereocenters. The van der Waals surface area contributed by atoms with Crippen LogP contribution in [0.15, 0.2) is 42.6 Å². The molecule has 0 fully saturated rings. The van der Waals surface area contributed by atoms with Gasteiger partial charge in [0.2, 0.25) is 0 Å². The highest BCUT2D eigenvalue weighted by atomic mass is 14.6. The summed E-state index contributed by atoms with van der Waals surface area (Å²) in [5.41, 5.74) is 0. The molecule has 0 atom stereocenters. The summed E-state index contributed by atoms with van der Waals surface area (Å²) in [7, 11) is 0. The van der Waals surface area contributed by atoms with Gasteiger partial charge in [-0.1, -0.05) is 24.8 Å². The van der Waals surface area contributed by atoms with Gasteiger partial charge in [-0.25, -0.2) is 0 Å². The molecule has 0 aliphatic carbocycles. The van der Waals surface area contributed by atoms with Gasteiger partial charge in [-0.3, -0.25) is 4.99 Å². The van der Waals surface area contributed by atoms with Crippen molar-refractivity contribution in [2.45, 2.75) is 6.42 Å². The van der Waals surface area contributed by atoms with Gasteiger partial charge in [0.05, 0.1) is 0 Å². The lowest BCUT2D eigenvalue weighted by atomic mass is 10.4. The first-order valence-electron chi connectivity index (χ1n) is 2.82. The molecule has 0 amide bonds. The highest BCUT2D eigenvalue weighted by Gasteiger charge is 1.62. The average Bonchev–Trinajstić information content (AvgIpc) is 1.89. The van der Waals surface area contributed by atoms with E-state index in [-0.39, 0.29) is 0 Å². The van der Waals surface area contributed by atoms with Crippen molar-refractivity contribution in [1.29, 1.82) is 0 Å². The number of hydrogen-bond acceptors (Lipinski definition) is 1. The highest BCUT2D eigenvalue weighted by molar-refractivity contribution is 5.70. The van der Waals surface area contributed by atoms with Crippen LogP contribution in [0, 0.1) is 0 Å². The molecule has 1 nitrogen and oxygen atoms in total. The standard InChI is InChI=1S/C8H11N/c1-3-5-6-8-9-7-4-2/h3-4,6-8H,1-2,5H2/b8-6-,9-7-. The third-order valence-electron chi connectivity index (χ3n) is 0.686. The van der Waals surface area contributed by atoms with Gasteiger partial charge < -0.3 is 0 Å². The molecule has 0 aromatic heterocycles. The average molecular weight is 121 g/mol. The third-order valence-corrected chi connectivity index (χ3v) is 0.686. The van der Waals surface area contributed by atoms with Crippen LogP contribution in [0.5, 0.6) is 0 Å². The fraction of sp³-hybridized carbons (Fsp3) is 0.125. The van der Waals surface area contributed by atoms with Crippen LogP contribution in [0.2, 0.25) is 0 Å². The molecule has 9 heavy (non-hydrogen) atoms. The minimum atomic E-state index is 0.870. The summed E-state index contributed by atoms with van der Waals surface area (Å²) in [5.74, 6) is 0. The lowest BCUT2D eigenvalue weighted by Crippen LogP contribution is -1.58. The van der Waals surface area contributed by atoms with Crippen LogP contribution in [0.4, 0.5) is 0 Å². The Balaban J connectivity index is 3.33. The fourth-order valence-electron chi connectivity index (χ4n) is 0.328. The van der Waals surface area contributed by atoms with E-state index in [0.717, 1.165) is 6.42 Å². The monoisotopic (exact) mass is 121 g/mol. The van der Waals surface area contributed by atoms with Crippen LogP contribution in [-0.4, -0.2) is 6.21 Å². The van der Waals surface area contributed by atoms with Crippen molar-refractivity contribution in [3.63, 3.8) is 0 Å². The first kappa shape index (κ1) is 7.89. The van der Waals surface area contributed by atoms with Crippen LogP contribution in [-0.2, 0) is 0 Å². The number of rotatable bonds is 4. The molecule has 0 bridgehead atoms. The fourth-order valence-corrected chi connectivity index (χ4v) is 0.328. The van der Waals surface area contributed by atoms with E-state index in [1.807, 2.05) is 12.2 Å². The zero-order valence-corrected chi connectivity index (χ0v) is 5.46. The minimum absolute atomic E-state index is 0.870. The van der Waals surface area contributed by atoms with Crippen molar-refractivity contribution in [2.75, 3.05) is 0 Å². The molecule has 0 saturated carbocycles. The summed E-state index contributed by atoms with van der Waals surface area (Å²) in [5, 5.41) is 0. The Bertz CT molecular complexity index is 132. The maximum atomic E-state index is 3.86. The molecular formula is C8H11N. The molecule has 0 N–H and O–H groups in total. The second kappa shape index (κ2) is 6.89. The highest BCUT2D eigenvalue weighted by Crippen LogP contribution is 1.82. The molecule has 1 heteroatoms. The van der Waals surface area contributed by atoms with Gasteiger partial charge in [0.15, 0.2) is 0 Å². The van der Waals surface area contributed by atoms with Crippen molar-refractivity contribution < 1.29 is 0 Å². The second-order valence-electron chi connectivity index (χ2n) is 1.44. The van der Waals surface area contributed by atoms with E-state index >= 15 is 0 Å². The van der Waals surface area contributed by atoms with Crippen LogP contribution in [0.1, 0.15) is 6.42 Å². The minimum Gasteiger partial charge on any atom is -0.265 e. The summed E-state index contributed by atoms with van der Waals surface area (Å²) in [6, 6.07) is 0. The summed E-state index contributed by atoms with van der Waals surface area (Å²) in [6.07, 6.45) is 9.61. The van der Waals surface area contributed by atoms with E-state index in [1.54, 1.807) is 18.5 Å². The molecule has 0 heterocycles. The molecular weight excluding hydrogens is 110 g/mol. The van der Waals surface area contributed by atoms with Crippen LogP contribution in [0.25, 0.3) is 0 Å². The number of aliphatic imine (C=N–C) groups is 1. The van der Waals surface area contributed by atoms with E-state index in [1.165, 1.54) is 0 Å². The SMILES string of the molecule is C=C/C=N\C=C/CC=C. The van der Waals surface area contributed by atoms with E-state index in [4.69, 9.17) is 0 Å². The third kappa shape index (κ3) is 6.89. The maximum Gasteiger partial charge on any atom is 0.0261 e. The van der Waals surface area contributed by atoms with Gasteiger partial charge in [0.1, 0.15) is 0 Å². The second-order valence-corrected chi connectivity index (χ2v) is 1.44. The van der Waals surface area contributed by atoms with Crippen LogP contribution in [0.3, 0.4) is 0 Å². The zero-order chi connectivity index (χ0) is 6.95. The Hall–Kier alpha value is -1.11. The maximum absolute atomic E-state index is 3.86. The van der Waals surface area contributed by atoms with Crippen LogP contribution >= 0.6 is 0 Å². The Labute approximate surface area is 56.1 Å². The number of hydrogen-bond donors (Lipinski definition) is 0. The first-order valence-corrected chi connectivity index (χ1v) is 2.82. The van der Waals surface area contributed by atoms with Gasteiger partial charge in [0, 0.05) is 12.4 Å². The van der Waals surface area contributed by atoms with Crippen molar-refractivity contribution in [2.24, 2.45) is 4.99 Å². The lowest BCUT2D eigenvalue weighted by molar-refractivity contribution is 1.37. The molecule has 0 aliphatic rings. The molecule has 0 aliphatic heterocycles. The topological polar surface area (TPSA) is 12.4 Å². The molecule has 48 valence electrons. The Morgan fingerprint density at radius 1 is 1.33 bits per heavy atom.